The molecule has 0 radical (unpaired) electrons. The highest BCUT2D eigenvalue weighted by Gasteiger charge is 2.57. The van der Waals surface area contributed by atoms with Gasteiger partial charge in [0.15, 0.2) is 0 Å². The molecule has 0 N–H and O–H groups in total. The Balaban J connectivity index is 2.84. The Kier molecular flexibility index (Phi) is 1.95. The topological polar surface area (TPSA) is 37.1 Å². The SMILES string of the molecule is C=CC1CN1S(=O)(=O)C(F)(F)F. The second kappa shape index (κ2) is 2.46. The maximum atomic E-state index is 11.8. The van der Waals surface area contributed by atoms with Gasteiger partial charge in [0.25, 0.3) is 0 Å². The van der Waals surface area contributed by atoms with Crippen molar-refractivity contribution in [2.75, 3.05) is 6.54 Å². The van der Waals surface area contributed by atoms with Crippen molar-refractivity contribution in [2.24, 2.45) is 0 Å². The Bertz CT molecular complexity index is 294. The molecule has 0 bridgehead atoms. The van der Waals surface area contributed by atoms with E-state index in [1.54, 1.807) is 0 Å². The molecule has 1 rings (SSSR count). The first kappa shape index (κ1) is 9.53. The Labute approximate surface area is 67.5 Å². The molecule has 3 nitrogen and oxygen atoms in total. The number of rotatable bonds is 2. The second-order valence-corrected chi connectivity index (χ2v) is 4.21. The highest BCUT2D eigenvalue weighted by Crippen LogP contribution is 2.34. The lowest BCUT2D eigenvalue weighted by Gasteiger charge is -2.07. The number of alkyl halides is 3. The second-order valence-electron chi connectivity index (χ2n) is 2.32. The summed E-state index contributed by atoms with van der Waals surface area (Å²) in [4.78, 5) is 0. The zero-order valence-electron chi connectivity index (χ0n) is 5.87. The van der Waals surface area contributed by atoms with Gasteiger partial charge in [0, 0.05) is 6.54 Å². The van der Waals surface area contributed by atoms with Gasteiger partial charge in [-0.15, -0.1) is 6.58 Å². The summed E-state index contributed by atoms with van der Waals surface area (Å²) in [5, 5.41) is 0. The predicted molar refractivity (Wildman–Crippen MR) is 35.7 cm³/mol. The van der Waals surface area contributed by atoms with Gasteiger partial charge in [-0.05, 0) is 0 Å². The molecule has 0 aromatic rings. The van der Waals surface area contributed by atoms with Crippen molar-refractivity contribution in [3.05, 3.63) is 12.7 Å². The van der Waals surface area contributed by atoms with Crippen LogP contribution in [0.15, 0.2) is 12.7 Å². The van der Waals surface area contributed by atoms with E-state index in [9.17, 15) is 21.6 Å². The molecular weight excluding hydrogens is 195 g/mol. The molecule has 0 spiro atoms. The average molecular weight is 201 g/mol. The van der Waals surface area contributed by atoms with E-state index in [-0.39, 0.29) is 6.54 Å². The van der Waals surface area contributed by atoms with Crippen molar-refractivity contribution in [2.45, 2.75) is 11.6 Å². The van der Waals surface area contributed by atoms with Crippen molar-refractivity contribution < 1.29 is 21.6 Å². The standard InChI is InChI=1S/C5H6F3NO2S/c1-2-4-3-9(4)12(10,11)5(6,7)8/h2,4H,1,3H2. The van der Waals surface area contributed by atoms with Crippen LogP contribution >= 0.6 is 0 Å². The fourth-order valence-corrected chi connectivity index (χ4v) is 1.80. The summed E-state index contributed by atoms with van der Waals surface area (Å²) in [5.74, 6) is 0. The Morgan fingerprint density at radius 3 is 2.25 bits per heavy atom. The molecular formula is C5H6F3NO2S. The summed E-state index contributed by atoms with van der Waals surface area (Å²) >= 11 is 0. The lowest BCUT2D eigenvalue weighted by atomic mass is 10.5. The summed E-state index contributed by atoms with van der Waals surface area (Å²) in [6, 6.07) is -0.684. The third kappa shape index (κ3) is 1.34. The maximum absolute atomic E-state index is 11.8. The van der Waals surface area contributed by atoms with Gasteiger partial charge in [-0.25, -0.2) is 8.42 Å². The Hall–Kier alpha value is -0.560. The number of hydrogen-bond donors (Lipinski definition) is 0. The van der Waals surface area contributed by atoms with Crippen LogP contribution in [0.4, 0.5) is 13.2 Å². The van der Waals surface area contributed by atoms with Crippen LogP contribution < -0.4 is 0 Å². The Morgan fingerprint density at radius 1 is 1.50 bits per heavy atom. The molecule has 12 heavy (non-hydrogen) atoms. The molecule has 0 saturated carbocycles. The van der Waals surface area contributed by atoms with Crippen molar-refractivity contribution in [1.29, 1.82) is 0 Å². The molecule has 70 valence electrons. The average Bonchev–Trinajstić information content (AvgIpc) is 2.62. The summed E-state index contributed by atoms with van der Waals surface area (Å²) in [7, 11) is -5.10. The van der Waals surface area contributed by atoms with Crippen molar-refractivity contribution in [3.63, 3.8) is 0 Å². The fourth-order valence-electron chi connectivity index (χ4n) is 0.739. The zero-order valence-corrected chi connectivity index (χ0v) is 6.69. The molecule has 0 amide bonds. The van der Waals surface area contributed by atoms with Crippen LogP contribution in [-0.4, -0.2) is 30.8 Å². The van der Waals surface area contributed by atoms with Crippen molar-refractivity contribution in [3.8, 4) is 0 Å². The van der Waals surface area contributed by atoms with Crippen LogP contribution in [0.2, 0.25) is 0 Å². The van der Waals surface area contributed by atoms with Crippen LogP contribution in [0, 0.1) is 0 Å². The van der Waals surface area contributed by atoms with E-state index in [4.69, 9.17) is 0 Å². The molecule has 1 aliphatic rings. The third-order valence-electron chi connectivity index (χ3n) is 1.48. The van der Waals surface area contributed by atoms with E-state index in [0.717, 1.165) is 0 Å². The molecule has 2 unspecified atom stereocenters. The minimum atomic E-state index is -5.19. The summed E-state index contributed by atoms with van der Waals surface area (Å²) < 4.78 is 56.7. The van der Waals surface area contributed by atoms with E-state index < -0.39 is 21.6 Å². The largest absolute Gasteiger partial charge is 0.511 e. The van der Waals surface area contributed by atoms with Crippen LogP contribution in [0.3, 0.4) is 0 Å². The molecule has 0 aromatic carbocycles. The third-order valence-corrected chi connectivity index (χ3v) is 3.10. The highest BCUT2D eigenvalue weighted by atomic mass is 32.2. The quantitative estimate of drug-likeness (QED) is 0.487. The lowest BCUT2D eigenvalue weighted by molar-refractivity contribution is -0.0466. The summed E-state index contributed by atoms with van der Waals surface area (Å²) in [5.41, 5.74) is -5.19. The van der Waals surface area contributed by atoms with Gasteiger partial charge in [0.05, 0.1) is 6.04 Å². The minimum Gasteiger partial charge on any atom is -0.203 e. The lowest BCUT2D eigenvalue weighted by Crippen LogP contribution is -2.30. The van der Waals surface area contributed by atoms with Crippen molar-refractivity contribution in [1.82, 2.24) is 4.31 Å². The first-order valence-corrected chi connectivity index (χ1v) is 4.45. The molecule has 1 heterocycles. The molecule has 0 aromatic heterocycles. The Morgan fingerprint density at radius 2 is 2.00 bits per heavy atom. The zero-order chi connectivity index (χ0) is 9.57. The normalized spacial score (nSPS) is 29.9. The first-order chi connectivity index (χ1) is 5.30. The van der Waals surface area contributed by atoms with Gasteiger partial charge in [-0.3, -0.25) is 0 Å². The molecule has 0 aliphatic carbocycles. The van der Waals surface area contributed by atoms with E-state index in [1.807, 2.05) is 0 Å². The molecule has 1 saturated heterocycles. The fraction of sp³-hybridized carbons (Fsp3) is 0.600. The number of hydrogen-bond acceptors (Lipinski definition) is 2. The van der Waals surface area contributed by atoms with Gasteiger partial charge < -0.3 is 0 Å². The van der Waals surface area contributed by atoms with Crippen LogP contribution in [0.1, 0.15) is 0 Å². The summed E-state index contributed by atoms with van der Waals surface area (Å²) in [6.45, 7) is 3.08. The number of halogens is 3. The van der Waals surface area contributed by atoms with Crippen molar-refractivity contribution >= 4 is 10.0 Å². The predicted octanol–water partition coefficient (Wildman–Crippen LogP) is 0.706. The first-order valence-electron chi connectivity index (χ1n) is 3.01. The smallest absolute Gasteiger partial charge is 0.203 e. The van der Waals surface area contributed by atoms with Gasteiger partial charge >= 0.3 is 15.5 Å². The molecule has 1 aliphatic heterocycles. The maximum Gasteiger partial charge on any atom is 0.511 e. The van der Waals surface area contributed by atoms with Gasteiger partial charge in [0.1, 0.15) is 0 Å². The van der Waals surface area contributed by atoms with Crippen LogP contribution in [0.25, 0.3) is 0 Å². The summed E-state index contributed by atoms with van der Waals surface area (Å²) in [6.07, 6.45) is 1.17. The highest BCUT2D eigenvalue weighted by molar-refractivity contribution is 7.90. The minimum absolute atomic E-state index is 0.120. The monoisotopic (exact) mass is 201 g/mol. The van der Waals surface area contributed by atoms with E-state index >= 15 is 0 Å². The number of sulfonamides is 1. The number of nitrogens with zero attached hydrogens (tertiary/aromatic N) is 1. The van der Waals surface area contributed by atoms with Crippen LogP contribution in [0.5, 0.6) is 0 Å². The van der Waals surface area contributed by atoms with Gasteiger partial charge in [-0.2, -0.15) is 17.5 Å². The van der Waals surface area contributed by atoms with Gasteiger partial charge in [0.2, 0.25) is 0 Å². The van der Waals surface area contributed by atoms with E-state index in [1.165, 1.54) is 6.08 Å². The molecule has 7 heteroatoms. The van der Waals surface area contributed by atoms with E-state index in [2.05, 4.69) is 6.58 Å². The van der Waals surface area contributed by atoms with Crippen LogP contribution in [-0.2, 0) is 10.0 Å². The van der Waals surface area contributed by atoms with E-state index in [0.29, 0.717) is 4.31 Å². The van der Waals surface area contributed by atoms with Gasteiger partial charge in [-0.1, -0.05) is 6.08 Å². The molecule has 1 fully saturated rings. The molecule has 2 atom stereocenters.